The van der Waals surface area contributed by atoms with E-state index in [1.54, 1.807) is 0 Å². The molecule has 3 aromatic rings. The van der Waals surface area contributed by atoms with Crippen LogP contribution in [0.1, 0.15) is 188 Å². The molecule has 0 heterocycles. The molecule has 0 atom stereocenters. The van der Waals surface area contributed by atoms with Crippen LogP contribution in [0.25, 0.3) is 0 Å². The zero-order valence-corrected chi connectivity index (χ0v) is 44.9. The van der Waals surface area contributed by atoms with E-state index in [1.807, 2.05) is 119 Å². The number of benzene rings is 3. The fraction of sp³-hybridized carbons (Fsp3) is 0.632. The van der Waals surface area contributed by atoms with Gasteiger partial charge in [0.05, 0.1) is 18.6 Å². The third kappa shape index (κ3) is 16.5. The Morgan fingerprint density at radius 1 is 0.441 bits per heavy atom. The van der Waals surface area contributed by atoms with Gasteiger partial charge in [0.25, 0.3) is 6.47 Å². The van der Waals surface area contributed by atoms with Crippen LogP contribution in [0.15, 0.2) is 36.4 Å². The lowest BCUT2D eigenvalue weighted by molar-refractivity contribution is -0.169. The van der Waals surface area contributed by atoms with Gasteiger partial charge in [0.2, 0.25) is 0 Å². The standard InChI is InChI=1S/C57H86O11/c1-51(2,3)40-25-37(26-41(48(40)61)52(4,5)6)19-21-46(59)67-33-57(31-65-35-58,32-66-36-64-24-23-39-29-44(55(13,14)15)50(63)45(30-39)56(16,17)18)34-68-47(60)22-20-38-27-42(53(7,8)9)49(62)43(28-38)54(10,11)12/h25-30,35,61-63H,19-24,31-34,36H2,1-18H3. The summed E-state index contributed by atoms with van der Waals surface area (Å²) in [6, 6.07) is 11.8. The minimum absolute atomic E-state index is 0.0250. The normalized spacial score (nSPS) is 13.1. The lowest BCUT2D eigenvalue weighted by Crippen LogP contribution is -2.43. The highest BCUT2D eigenvalue weighted by Gasteiger charge is 2.37. The molecule has 380 valence electrons. The molecule has 0 saturated carbocycles. The first-order chi connectivity index (χ1) is 31.0. The van der Waals surface area contributed by atoms with Crippen molar-refractivity contribution in [3.05, 3.63) is 86.5 Å². The maximum absolute atomic E-state index is 13.5. The number of rotatable bonds is 20. The first-order valence-corrected chi connectivity index (χ1v) is 24.1. The first-order valence-electron chi connectivity index (χ1n) is 24.1. The van der Waals surface area contributed by atoms with Crippen LogP contribution >= 0.6 is 0 Å². The molecule has 0 aromatic heterocycles. The van der Waals surface area contributed by atoms with Crippen molar-refractivity contribution in [2.24, 2.45) is 5.41 Å². The smallest absolute Gasteiger partial charge is 0.306 e. The van der Waals surface area contributed by atoms with Gasteiger partial charge in [0, 0.05) is 12.8 Å². The minimum Gasteiger partial charge on any atom is -0.507 e. The van der Waals surface area contributed by atoms with Crippen LogP contribution in [0, 0.1) is 5.41 Å². The van der Waals surface area contributed by atoms with Gasteiger partial charge in [-0.1, -0.05) is 161 Å². The predicted molar refractivity (Wildman–Crippen MR) is 270 cm³/mol. The summed E-state index contributed by atoms with van der Waals surface area (Å²) in [4.78, 5) is 38.8. The topological polar surface area (TPSA) is 158 Å². The Balaban J connectivity index is 1.84. The molecule has 11 nitrogen and oxygen atoms in total. The zero-order chi connectivity index (χ0) is 51.8. The predicted octanol–water partition coefficient (Wildman–Crippen LogP) is 11.6. The van der Waals surface area contributed by atoms with Crippen molar-refractivity contribution < 1.29 is 53.4 Å². The molecule has 0 radical (unpaired) electrons. The van der Waals surface area contributed by atoms with Crippen molar-refractivity contribution in [2.45, 2.75) is 189 Å². The van der Waals surface area contributed by atoms with Gasteiger partial charge in [-0.05, 0) is 102 Å². The van der Waals surface area contributed by atoms with Gasteiger partial charge in [-0.3, -0.25) is 14.4 Å². The highest BCUT2D eigenvalue weighted by atomic mass is 16.7. The number of phenolic OH excluding ortho intramolecular Hbond substituents is 3. The lowest BCUT2D eigenvalue weighted by Gasteiger charge is -2.31. The van der Waals surface area contributed by atoms with Crippen molar-refractivity contribution in [1.29, 1.82) is 0 Å². The molecule has 0 unspecified atom stereocenters. The van der Waals surface area contributed by atoms with Crippen LogP contribution in [0.3, 0.4) is 0 Å². The molecule has 0 aliphatic carbocycles. The molecule has 0 aliphatic rings. The van der Waals surface area contributed by atoms with Gasteiger partial charge in [0.15, 0.2) is 0 Å². The summed E-state index contributed by atoms with van der Waals surface area (Å²) in [7, 11) is 0. The Morgan fingerprint density at radius 3 is 1.01 bits per heavy atom. The molecule has 11 heteroatoms. The Labute approximate surface area is 408 Å². The maximum Gasteiger partial charge on any atom is 0.306 e. The van der Waals surface area contributed by atoms with Crippen molar-refractivity contribution in [3.63, 3.8) is 0 Å². The lowest BCUT2D eigenvalue weighted by atomic mass is 9.78. The first kappa shape index (κ1) is 57.7. The number of aryl methyl sites for hydroxylation is 2. The van der Waals surface area contributed by atoms with Crippen LogP contribution in [0.2, 0.25) is 0 Å². The molecule has 3 rings (SSSR count). The molecule has 0 saturated heterocycles. The van der Waals surface area contributed by atoms with E-state index in [9.17, 15) is 29.7 Å². The average Bonchev–Trinajstić information content (AvgIpc) is 3.19. The van der Waals surface area contributed by atoms with Crippen LogP contribution in [-0.4, -0.2) is 73.6 Å². The van der Waals surface area contributed by atoms with E-state index >= 15 is 0 Å². The number of carbonyl (C=O) groups excluding carboxylic acids is 3. The van der Waals surface area contributed by atoms with Gasteiger partial charge >= 0.3 is 11.9 Å². The molecular formula is C57H86O11. The summed E-state index contributed by atoms with van der Waals surface area (Å²) >= 11 is 0. The number of hydrogen-bond acceptors (Lipinski definition) is 11. The van der Waals surface area contributed by atoms with Crippen LogP contribution in [0.5, 0.6) is 17.2 Å². The molecule has 68 heavy (non-hydrogen) atoms. The van der Waals surface area contributed by atoms with E-state index in [1.165, 1.54) is 0 Å². The van der Waals surface area contributed by atoms with Gasteiger partial charge in [-0.15, -0.1) is 0 Å². The largest absolute Gasteiger partial charge is 0.507 e. The summed E-state index contributed by atoms with van der Waals surface area (Å²) in [5.74, 6) is -0.206. The minimum atomic E-state index is -1.29. The van der Waals surface area contributed by atoms with Crippen molar-refractivity contribution in [3.8, 4) is 17.2 Å². The fourth-order valence-electron chi connectivity index (χ4n) is 8.08. The number of esters is 2. The zero-order valence-electron chi connectivity index (χ0n) is 44.9. The highest BCUT2D eigenvalue weighted by Crippen LogP contribution is 2.43. The van der Waals surface area contributed by atoms with Crippen molar-refractivity contribution in [1.82, 2.24) is 0 Å². The van der Waals surface area contributed by atoms with Crippen molar-refractivity contribution in [2.75, 3.05) is 39.8 Å². The fourth-order valence-corrected chi connectivity index (χ4v) is 8.08. The van der Waals surface area contributed by atoms with Crippen LogP contribution in [0.4, 0.5) is 0 Å². The van der Waals surface area contributed by atoms with Gasteiger partial charge in [-0.25, -0.2) is 0 Å². The summed E-state index contributed by atoms with van der Waals surface area (Å²) in [5.41, 5.74) is 4.46. The van der Waals surface area contributed by atoms with E-state index in [2.05, 4.69) is 41.5 Å². The second-order valence-electron chi connectivity index (χ2n) is 25.0. The van der Waals surface area contributed by atoms with Crippen LogP contribution < -0.4 is 0 Å². The number of aromatic hydroxyl groups is 3. The third-order valence-corrected chi connectivity index (χ3v) is 12.2. The van der Waals surface area contributed by atoms with E-state index in [0.717, 1.165) is 50.1 Å². The average molecular weight is 947 g/mol. The number of hydrogen-bond donors (Lipinski definition) is 3. The number of carbonyl (C=O) groups is 3. The molecular weight excluding hydrogens is 861 g/mol. The molecule has 0 aliphatic heterocycles. The Morgan fingerprint density at radius 2 is 0.735 bits per heavy atom. The second-order valence-corrected chi connectivity index (χ2v) is 25.0. The van der Waals surface area contributed by atoms with E-state index in [0.29, 0.717) is 38.1 Å². The van der Waals surface area contributed by atoms with E-state index in [-0.39, 0.29) is 90.1 Å². The summed E-state index contributed by atoms with van der Waals surface area (Å²) < 4.78 is 29.1. The Hall–Kier alpha value is -4.61. The Kier molecular flexibility index (Phi) is 19.0. The number of ether oxygens (including phenoxy) is 5. The van der Waals surface area contributed by atoms with Crippen LogP contribution in [-0.2, 0) is 89.8 Å². The van der Waals surface area contributed by atoms with Gasteiger partial charge in [0.1, 0.15) is 43.9 Å². The number of phenols is 3. The van der Waals surface area contributed by atoms with Gasteiger partial charge < -0.3 is 39.0 Å². The molecule has 3 N–H and O–H groups in total. The van der Waals surface area contributed by atoms with E-state index < -0.39 is 17.4 Å². The Bertz CT molecular complexity index is 1990. The molecule has 0 spiro atoms. The maximum atomic E-state index is 13.5. The molecule has 3 aromatic carbocycles. The summed E-state index contributed by atoms with van der Waals surface area (Å²) in [6.45, 7) is 36.3. The quantitative estimate of drug-likeness (QED) is 0.0325. The highest BCUT2D eigenvalue weighted by molar-refractivity contribution is 5.70. The molecule has 0 bridgehead atoms. The van der Waals surface area contributed by atoms with Crippen molar-refractivity contribution >= 4 is 18.4 Å². The molecule has 0 fully saturated rings. The van der Waals surface area contributed by atoms with Gasteiger partial charge in [-0.2, -0.15) is 0 Å². The second kappa shape index (κ2) is 22.4. The molecule has 0 amide bonds. The van der Waals surface area contributed by atoms with E-state index in [4.69, 9.17) is 23.7 Å². The summed E-state index contributed by atoms with van der Waals surface area (Å²) in [6.07, 6.45) is 1.30. The monoisotopic (exact) mass is 947 g/mol. The SMILES string of the molecule is CC(C)(C)c1cc(CCOCOCC(COC=O)(COC(=O)CCc2cc(C(C)(C)C)c(O)c(C(C)(C)C)c2)COC(=O)CCc2cc(C(C)(C)C)c(O)c(C(C)(C)C)c2)cc(C(C)(C)C)c1O. The summed E-state index contributed by atoms with van der Waals surface area (Å²) in [5, 5.41) is 33.6. The third-order valence-electron chi connectivity index (χ3n) is 12.2.